The lowest BCUT2D eigenvalue weighted by molar-refractivity contribution is -0.142. The molecule has 21 heavy (non-hydrogen) atoms. The molecule has 2 fully saturated rings. The first-order chi connectivity index (χ1) is 9.71. The van der Waals surface area contributed by atoms with Gasteiger partial charge in [0.15, 0.2) is 0 Å². The minimum absolute atomic E-state index is 0.00979. The van der Waals surface area contributed by atoms with Gasteiger partial charge in [-0.1, -0.05) is 13.8 Å². The molecule has 2 bridgehead atoms. The Hall–Kier alpha value is -1.30. The fourth-order valence-corrected chi connectivity index (χ4v) is 3.89. The number of aliphatic carboxylic acids is 1. The van der Waals surface area contributed by atoms with Crippen molar-refractivity contribution < 1.29 is 14.7 Å². The number of nitrogens with zero attached hydrogens (tertiary/aromatic N) is 2. The van der Waals surface area contributed by atoms with E-state index >= 15 is 0 Å². The Balaban J connectivity index is 1.91. The van der Waals surface area contributed by atoms with Crippen LogP contribution in [-0.2, 0) is 4.79 Å². The van der Waals surface area contributed by atoms with Crippen LogP contribution in [0.4, 0.5) is 4.79 Å². The zero-order valence-electron chi connectivity index (χ0n) is 13.4. The summed E-state index contributed by atoms with van der Waals surface area (Å²) < 4.78 is 0. The highest BCUT2D eigenvalue weighted by Gasteiger charge is 2.51. The Bertz CT molecular complexity index is 422. The standard InChI is InChI=1S/C15H27N3O3/c1-15(2,9-17(3)4)8-16-14(21)18-10-5-6-12(18)11(7-10)13(19)20/h10-12H,5-9H2,1-4H3,(H,16,21)(H,19,20). The summed E-state index contributed by atoms with van der Waals surface area (Å²) in [4.78, 5) is 27.5. The highest BCUT2D eigenvalue weighted by Crippen LogP contribution is 2.41. The van der Waals surface area contributed by atoms with Crippen LogP contribution in [0.25, 0.3) is 0 Å². The second kappa shape index (κ2) is 5.83. The molecule has 2 aliphatic rings. The van der Waals surface area contributed by atoms with Crippen molar-refractivity contribution in [3.05, 3.63) is 0 Å². The van der Waals surface area contributed by atoms with Gasteiger partial charge in [-0.25, -0.2) is 4.79 Å². The summed E-state index contributed by atoms with van der Waals surface area (Å²) in [7, 11) is 4.03. The van der Waals surface area contributed by atoms with E-state index in [1.54, 1.807) is 4.90 Å². The van der Waals surface area contributed by atoms with Gasteiger partial charge in [-0.3, -0.25) is 4.79 Å². The van der Waals surface area contributed by atoms with Gasteiger partial charge in [0.05, 0.1) is 5.92 Å². The topological polar surface area (TPSA) is 72.9 Å². The number of urea groups is 1. The number of carbonyl (C=O) groups is 2. The van der Waals surface area contributed by atoms with Crippen molar-refractivity contribution in [2.75, 3.05) is 27.2 Å². The molecule has 0 radical (unpaired) electrons. The van der Waals surface area contributed by atoms with Crippen LogP contribution in [0.5, 0.6) is 0 Å². The van der Waals surface area contributed by atoms with E-state index in [-0.39, 0.29) is 29.4 Å². The number of carboxylic acids is 1. The Labute approximate surface area is 126 Å². The average Bonchev–Trinajstić information content (AvgIpc) is 2.91. The molecular weight excluding hydrogens is 270 g/mol. The largest absolute Gasteiger partial charge is 0.481 e. The molecule has 2 aliphatic heterocycles. The number of amides is 2. The minimum atomic E-state index is -0.770. The summed E-state index contributed by atoms with van der Waals surface area (Å²) in [6.07, 6.45) is 2.35. The fraction of sp³-hybridized carbons (Fsp3) is 0.867. The molecule has 0 aromatic rings. The third-order valence-electron chi connectivity index (χ3n) is 4.55. The molecule has 3 unspecified atom stereocenters. The van der Waals surface area contributed by atoms with Crippen LogP contribution in [0.2, 0.25) is 0 Å². The molecule has 2 rings (SSSR count). The van der Waals surface area contributed by atoms with Crippen molar-refractivity contribution in [2.45, 2.75) is 45.2 Å². The van der Waals surface area contributed by atoms with Crippen LogP contribution < -0.4 is 5.32 Å². The van der Waals surface area contributed by atoms with Gasteiger partial charge in [0, 0.05) is 25.2 Å². The van der Waals surface area contributed by atoms with Crippen LogP contribution in [-0.4, -0.2) is 66.2 Å². The molecule has 0 spiro atoms. The summed E-state index contributed by atoms with van der Waals surface area (Å²) in [6, 6.07) is -0.115. The summed E-state index contributed by atoms with van der Waals surface area (Å²) in [5, 5.41) is 12.2. The molecular formula is C15H27N3O3. The molecule has 0 saturated carbocycles. The molecule has 2 saturated heterocycles. The molecule has 6 heteroatoms. The lowest BCUT2D eigenvalue weighted by Gasteiger charge is -2.30. The maximum absolute atomic E-state index is 12.4. The van der Waals surface area contributed by atoms with Crippen molar-refractivity contribution in [2.24, 2.45) is 11.3 Å². The number of fused-ring (bicyclic) bond motifs is 2. The number of hydrogen-bond donors (Lipinski definition) is 2. The van der Waals surface area contributed by atoms with Gasteiger partial charge in [-0.15, -0.1) is 0 Å². The molecule has 2 heterocycles. The summed E-state index contributed by atoms with van der Waals surface area (Å²) in [5.74, 6) is -1.16. The Kier molecular flexibility index (Phi) is 4.46. The number of carbonyl (C=O) groups excluding carboxylic acids is 1. The summed E-state index contributed by atoms with van der Waals surface area (Å²) in [5.41, 5.74) is -0.00979. The van der Waals surface area contributed by atoms with Gasteiger partial charge < -0.3 is 20.2 Å². The maximum Gasteiger partial charge on any atom is 0.317 e. The molecule has 0 aromatic heterocycles. The molecule has 3 atom stereocenters. The quantitative estimate of drug-likeness (QED) is 0.800. The fourth-order valence-electron chi connectivity index (χ4n) is 3.89. The molecule has 0 aromatic carbocycles. The lowest BCUT2D eigenvalue weighted by atomic mass is 9.89. The Morgan fingerprint density at radius 2 is 2.00 bits per heavy atom. The molecule has 2 amide bonds. The van der Waals surface area contributed by atoms with Crippen LogP contribution in [0.15, 0.2) is 0 Å². The SMILES string of the molecule is CN(C)CC(C)(C)CNC(=O)N1C2CCC1C(C(=O)O)C2. The third-order valence-corrected chi connectivity index (χ3v) is 4.55. The average molecular weight is 297 g/mol. The van der Waals surface area contributed by atoms with E-state index in [1.165, 1.54) is 0 Å². The normalized spacial score (nSPS) is 28.2. The monoisotopic (exact) mass is 297 g/mol. The summed E-state index contributed by atoms with van der Waals surface area (Å²) in [6.45, 7) is 5.72. The first-order valence-corrected chi connectivity index (χ1v) is 7.65. The number of hydrogen-bond acceptors (Lipinski definition) is 3. The first kappa shape index (κ1) is 16.1. The smallest absolute Gasteiger partial charge is 0.317 e. The van der Waals surface area contributed by atoms with E-state index in [1.807, 2.05) is 14.1 Å². The van der Waals surface area contributed by atoms with Crippen molar-refractivity contribution >= 4 is 12.0 Å². The van der Waals surface area contributed by atoms with Crippen molar-refractivity contribution in [1.29, 1.82) is 0 Å². The van der Waals surface area contributed by atoms with Gasteiger partial charge in [0.1, 0.15) is 0 Å². The second-order valence-electron chi connectivity index (χ2n) is 7.45. The lowest BCUT2D eigenvalue weighted by Crippen LogP contribution is -2.48. The predicted octanol–water partition coefficient (Wildman–Crippen LogP) is 1.22. The van der Waals surface area contributed by atoms with Crippen molar-refractivity contribution in [3.63, 3.8) is 0 Å². The molecule has 6 nitrogen and oxygen atoms in total. The maximum atomic E-state index is 12.4. The van der Waals surface area contributed by atoms with E-state index < -0.39 is 5.97 Å². The number of rotatable bonds is 5. The van der Waals surface area contributed by atoms with E-state index in [9.17, 15) is 14.7 Å². The molecule has 120 valence electrons. The second-order valence-corrected chi connectivity index (χ2v) is 7.45. The van der Waals surface area contributed by atoms with Gasteiger partial charge >= 0.3 is 12.0 Å². The van der Waals surface area contributed by atoms with Crippen molar-refractivity contribution in [1.82, 2.24) is 15.1 Å². The van der Waals surface area contributed by atoms with Gasteiger partial charge in [-0.2, -0.15) is 0 Å². The van der Waals surface area contributed by atoms with Crippen LogP contribution in [0, 0.1) is 11.3 Å². The van der Waals surface area contributed by atoms with Gasteiger partial charge in [0.2, 0.25) is 0 Å². The Morgan fingerprint density at radius 1 is 1.33 bits per heavy atom. The van der Waals surface area contributed by atoms with Crippen LogP contribution >= 0.6 is 0 Å². The predicted molar refractivity (Wildman–Crippen MR) is 80.1 cm³/mol. The van der Waals surface area contributed by atoms with Gasteiger partial charge in [-0.05, 0) is 38.8 Å². The first-order valence-electron chi connectivity index (χ1n) is 7.65. The zero-order chi connectivity index (χ0) is 15.8. The van der Waals surface area contributed by atoms with E-state index in [0.29, 0.717) is 13.0 Å². The van der Waals surface area contributed by atoms with E-state index in [0.717, 1.165) is 19.4 Å². The highest BCUT2D eigenvalue weighted by molar-refractivity contribution is 5.79. The molecule has 0 aliphatic carbocycles. The molecule has 2 N–H and O–H groups in total. The summed E-state index contributed by atoms with van der Waals surface area (Å²) >= 11 is 0. The van der Waals surface area contributed by atoms with Crippen molar-refractivity contribution in [3.8, 4) is 0 Å². The van der Waals surface area contributed by atoms with Crippen LogP contribution in [0.3, 0.4) is 0 Å². The van der Waals surface area contributed by atoms with E-state index in [2.05, 4.69) is 24.1 Å². The van der Waals surface area contributed by atoms with Crippen LogP contribution in [0.1, 0.15) is 33.1 Å². The van der Waals surface area contributed by atoms with E-state index in [4.69, 9.17) is 0 Å². The van der Waals surface area contributed by atoms with Gasteiger partial charge in [0.25, 0.3) is 0 Å². The minimum Gasteiger partial charge on any atom is -0.481 e. The highest BCUT2D eigenvalue weighted by atomic mass is 16.4. The Morgan fingerprint density at radius 3 is 2.52 bits per heavy atom. The third kappa shape index (κ3) is 3.48. The zero-order valence-corrected chi connectivity index (χ0v) is 13.4. The number of nitrogens with one attached hydrogen (secondary N) is 1. The number of carboxylic acid groups (broad SMARTS) is 1.